The van der Waals surface area contributed by atoms with Crippen LogP contribution in [0, 0.1) is 5.92 Å². The molecule has 0 bridgehead atoms. The van der Waals surface area contributed by atoms with E-state index in [9.17, 15) is 0 Å². The number of fused-ring (bicyclic) bond motifs is 1. The molecule has 20 heavy (non-hydrogen) atoms. The molecule has 0 unspecified atom stereocenters. The molecule has 1 aromatic heterocycles. The Morgan fingerprint density at radius 3 is 2.75 bits per heavy atom. The van der Waals surface area contributed by atoms with Crippen LogP contribution in [0.15, 0.2) is 30.5 Å². The third-order valence-electron chi connectivity index (χ3n) is 3.82. The molecule has 0 aliphatic carbocycles. The highest BCUT2D eigenvalue weighted by molar-refractivity contribution is 5.85. The molecular weight excluding hydrogens is 248 g/mol. The van der Waals surface area contributed by atoms with Crippen LogP contribution in [0.5, 0.6) is 0 Å². The number of anilines is 1. The first kappa shape index (κ1) is 13.4. The number of nitrogens with zero attached hydrogens (tertiary/aromatic N) is 2. The number of hydrogen-bond acceptors (Lipinski definition) is 3. The molecule has 1 aliphatic rings. The Hall–Kier alpha value is -1.61. The molecule has 2 aromatic rings. The van der Waals surface area contributed by atoms with Crippen LogP contribution in [-0.2, 0) is 11.2 Å². The lowest BCUT2D eigenvalue weighted by atomic mass is 9.99. The first-order chi connectivity index (χ1) is 9.74. The number of morpholine rings is 1. The van der Waals surface area contributed by atoms with E-state index in [1.165, 1.54) is 16.6 Å². The molecule has 0 amide bonds. The van der Waals surface area contributed by atoms with Gasteiger partial charge in [-0.25, -0.2) is 0 Å². The Kier molecular flexibility index (Phi) is 3.88. The summed E-state index contributed by atoms with van der Waals surface area (Å²) >= 11 is 0. The van der Waals surface area contributed by atoms with Crippen molar-refractivity contribution in [2.45, 2.75) is 20.3 Å². The summed E-state index contributed by atoms with van der Waals surface area (Å²) in [5, 5.41) is 1.30. The van der Waals surface area contributed by atoms with E-state index in [2.05, 4.69) is 48.0 Å². The minimum absolute atomic E-state index is 0.660. The van der Waals surface area contributed by atoms with E-state index < -0.39 is 0 Å². The van der Waals surface area contributed by atoms with Crippen molar-refractivity contribution in [1.29, 1.82) is 0 Å². The highest BCUT2D eigenvalue weighted by Gasteiger charge is 2.12. The Balaban J connectivity index is 1.99. The average Bonchev–Trinajstić information content (AvgIpc) is 2.47. The number of pyridine rings is 1. The summed E-state index contributed by atoms with van der Waals surface area (Å²) in [5.74, 6) is 0.660. The van der Waals surface area contributed by atoms with Crippen molar-refractivity contribution in [2.24, 2.45) is 5.92 Å². The molecule has 0 radical (unpaired) electrons. The molecule has 2 heterocycles. The molecule has 1 aromatic carbocycles. The van der Waals surface area contributed by atoms with Gasteiger partial charge in [-0.3, -0.25) is 4.98 Å². The number of benzene rings is 1. The Labute approximate surface area is 120 Å². The smallest absolute Gasteiger partial charge is 0.0706 e. The molecule has 1 aliphatic heterocycles. The summed E-state index contributed by atoms with van der Waals surface area (Å²) in [6, 6.07) is 8.78. The molecule has 3 nitrogen and oxygen atoms in total. The Morgan fingerprint density at radius 1 is 1.20 bits per heavy atom. The van der Waals surface area contributed by atoms with Crippen LogP contribution in [0.2, 0.25) is 0 Å². The molecule has 0 spiro atoms. The SMILES string of the molecule is CC(C)Cc1ccnc2ccc(N3CCOCC3)cc12. The van der Waals surface area contributed by atoms with Crippen molar-refractivity contribution in [1.82, 2.24) is 4.98 Å². The molecule has 3 rings (SSSR count). The van der Waals surface area contributed by atoms with E-state index in [0.29, 0.717) is 5.92 Å². The zero-order chi connectivity index (χ0) is 13.9. The predicted molar refractivity (Wildman–Crippen MR) is 83.3 cm³/mol. The van der Waals surface area contributed by atoms with Crippen molar-refractivity contribution in [3.8, 4) is 0 Å². The maximum atomic E-state index is 5.43. The molecule has 106 valence electrons. The molecule has 1 fully saturated rings. The van der Waals surface area contributed by atoms with Crippen LogP contribution in [0.25, 0.3) is 10.9 Å². The van der Waals surface area contributed by atoms with Gasteiger partial charge in [0.15, 0.2) is 0 Å². The fourth-order valence-corrected chi connectivity index (χ4v) is 2.83. The first-order valence-corrected chi connectivity index (χ1v) is 7.44. The Morgan fingerprint density at radius 2 is 2.00 bits per heavy atom. The maximum Gasteiger partial charge on any atom is 0.0706 e. The minimum Gasteiger partial charge on any atom is -0.378 e. The van der Waals surface area contributed by atoms with Crippen LogP contribution in [0.3, 0.4) is 0 Å². The highest BCUT2D eigenvalue weighted by Crippen LogP contribution is 2.25. The zero-order valence-corrected chi connectivity index (χ0v) is 12.3. The van der Waals surface area contributed by atoms with E-state index in [4.69, 9.17) is 4.74 Å². The lowest BCUT2D eigenvalue weighted by molar-refractivity contribution is 0.122. The normalized spacial score (nSPS) is 16.1. The number of aromatic nitrogens is 1. The van der Waals surface area contributed by atoms with E-state index >= 15 is 0 Å². The number of rotatable bonds is 3. The third-order valence-corrected chi connectivity index (χ3v) is 3.82. The van der Waals surface area contributed by atoms with Crippen molar-refractivity contribution < 1.29 is 4.74 Å². The minimum atomic E-state index is 0.660. The lowest BCUT2D eigenvalue weighted by Crippen LogP contribution is -2.36. The predicted octanol–water partition coefficient (Wildman–Crippen LogP) is 3.27. The quantitative estimate of drug-likeness (QED) is 0.856. The molecule has 1 saturated heterocycles. The van der Waals surface area contributed by atoms with Crippen molar-refractivity contribution in [2.75, 3.05) is 31.2 Å². The van der Waals surface area contributed by atoms with E-state index in [0.717, 1.165) is 38.2 Å². The van der Waals surface area contributed by atoms with Gasteiger partial charge >= 0.3 is 0 Å². The fraction of sp³-hybridized carbons (Fsp3) is 0.471. The van der Waals surface area contributed by atoms with Gasteiger partial charge in [0, 0.05) is 30.4 Å². The molecule has 0 saturated carbocycles. The van der Waals surface area contributed by atoms with Crippen LogP contribution in [-0.4, -0.2) is 31.3 Å². The summed E-state index contributed by atoms with van der Waals surface area (Å²) in [5.41, 5.74) is 3.79. The molecule has 0 atom stereocenters. The van der Waals surface area contributed by atoms with E-state index in [1.807, 2.05) is 6.20 Å². The van der Waals surface area contributed by atoms with E-state index in [1.54, 1.807) is 0 Å². The second-order valence-electron chi connectivity index (χ2n) is 5.87. The average molecular weight is 270 g/mol. The van der Waals surface area contributed by atoms with Gasteiger partial charge in [-0.15, -0.1) is 0 Å². The highest BCUT2D eigenvalue weighted by atomic mass is 16.5. The largest absolute Gasteiger partial charge is 0.378 e. The number of hydrogen-bond donors (Lipinski definition) is 0. The summed E-state index contributed by atoms with van der Waals surface area (Å²) in [4.78, 5) is 6.89. The van der Waals surface area contributed by atoms with Gasteiger partial charge in [-0.1, -0.05) is 13.8 Å². The standard InChI is InChI=1S/C17H22N2O/c1-13(2)11-14-5-6-18-17-4-3-15(12-16(14)17)19-7-9-20-10-8-19/h3-6,12-13H,7-11H2,1-2H3. The topological polar surface area (TPSA) is 25.4 Å². The second-order valence-corrected chi connectivity index (χ2v) is 5.87. The van der Waals surface area contributed by atoms with Crippen LogP contribution >= 0.6 is 0 Å². The summed E-state index contributed by atoms with van der Waals surface area (Å²) in [6.07, 6.45) is 3.03. The maximum absolute atomic E-state index is 5.43. The lowest BCUT2D eigenvalue weighted by Gasteiger charge is -2.29. The van der Waals surface area contributed by atoms with Gasteiger partial charge < -0.3 is 9.64 Å². The van der Waals surface area contributed by atoms with Gasteiger partial charge in [-0.05, 0) is 42.2 Å². The first-order valence-electron chi connectivity index (χ1n) is 7.44. The Bertz CT molecular complexity index is 589. The second kappa shape index (κ2) is 5.80. The van der Waals surface area contributed by atoms with Crippen molar-refractivity contribution in [3.05, 3.63) is 36.0 Å². The summed E-state index contributed by atoms with van der Waals surface area (Å²) in [7, 11) is 0. The van der Waals surface area contributed by atoms with Crippen LogP contribution in [0.4, 0.5) is 5.69 Å². The van der Waals surface area contributed by atoms with E-state index in [-0.39, 0.29) is 0 Å². The molecule has 0 N–H and O–H groups in total. The van der Waals surface area contributed by atoms with Crippen molar-refractivity contribution in [3.63, 3.8) is 0 Å². The van der Waals surface area contributed by atoms with Crippen molar-refractivity contribution >= 4 is 16.6 Å². The van der Waals surface area contributed by atoms with Gasteiger partial charge in [0.2, 0.25) is 0 Å². The van der Waals surface area contributed by atoms with Crippen LogP contribution in [0.1, 0.15) is 19.4 Å². The van der Waals surface area contributed by atoms with Gasteiger partial charge in [-0.2, -0.15) is 0 Å². The number of ether oxygens (including phenoxy) is 1. The summed E-state index contributed by atoms with van der Waals surface area (Å²) in [6.45, 7) is 8.13. The van der Waals surface area contributed by atoms with Gasteiger partial charge in [0.25, 0.3) is 0 Å². The van der Waals surface area contributed by atoms with Crippen LogP contribution < -0.4 is 4.90 Å². The summed E-state index contributed by atoms with van der Waals surface area (Å²) < 4.78 is 5.43. The monoisotopic (exact) mass is 270 g/mol. The van der Waals surface area contributed by atoms with Gasteiger partial charge in [0.1, 0.15) is 0 Å². The molecule has 3 heteroatoms. The molecular formula is C17H22N2O. The third kappa shape index (κ3) is 2.78. The zero-order valence-electron chi connectivity index (χ0n) is 12.3. The fourth-order valence-electron chi connectivity index (χ4n) is 2.83. The van der Waals surface area contributed by atoms with Gasteiger partial charge in [0.05, 0.1) is 18.7 Å².